The normalized spacial score (nSPS) is 23.3. The second kappa shape index (κ2) is 6.74. The first-order valence-electron chi connectivity index (χ1n) is 7.97. The highest BCUT2D eigenvalue weighted by Crippen LogP contribution is 2.27. The third-order valence-electron chi connectivity index (χ3n) is 4.33. The van der Waals surface area contributed by atoms with E-state index in [9.17, 15) is 4.79 Å². The summed E-state index contributed by atoms with van der Waals surface area (Å²) in [5.41, 5.74) is -0.792. The molecule has 2 aliphatic carbocycles. The first-order chi connectivity index (χ1) is 9.08. The molecule has 0 radical (unpaired) electrons. The molecule has 2 saturated carbocycles. The van der Waals surface area contributed by atoms with E-state index in [0.29, 0.717) is 0 Å². The fourth-order valence-electron chi connectivity index (χ4n) is 3.12. The van der Waals surface area contributed by atoms with Gasteiger partial charge in [-0.15, -0.1) is 0 Å². The summed E-state index contributed by atoms with van der Waals surface area (Å²) >= 11 is 0. The number of esters is 1. The van der Waals surface area contributed by atoms with Gasteiger partial charge >= 0.3 is 5.97 Å². The highest BCUT2D eigenvalue weighted by Gasteiger charge is 2.35. The van der Waals surface area contributed by atoms with Crippen LogP contribution in [0.2, 0.25) is 0 Å². The summed E-state index contributed by atoms with van der Waals surface area (Å²) in [7, 11) is 0. The van der Waals surface area contributed by atoms with Gasteiger partial charge in [0.1, 0.15) is 6.10 Å². The third-order valence-corrected chi connectivity index (χ3v) is 4.33. The smallest absolute Gasteiger partial charge is 0.338 e. The standard InChI is InChI=1S/C16H28O3/c1-16(2,19-14-11-7-4-8-12-14)15(17)18-13-9-5-3-6-10-13/h13-14H,3-12H2,1-2H3. The largest absolute Gasteiger partial charge is 0.460 e. The van der Waals surface area contributed by atoms with E-state index in [1.165, 1.54) is 38.5 Å². The Bertz CT molecular complexity index is 286. The minimum absolute atomic E-state index is 0.121. The number of rotatable bonds is 4. The quantitative estimate of drug-likeness (QED) is 0.723. The molecular weight excluding hydrogens is 240 g/mol. The van der Waals surface area contributed by atoms with Gasteiger partial charge in [0.05, 0.1) is 6.10 Å². The summed E-state index contributed by atoms with van der Waals surface area (Å²) in [5, 5.41) is 0. The Balaban J connectivity index is 1.81. The average molecular weight is 268 g/mol. The van der Waals surface area contributed by atoms with Gasteiger partial charge in [-0.2, -0.15) is 0 Å². The molecule has 0 aromatic carbocycles. The number of hydrogen-bond donors (Lipinski definition) is 0. The van der Waals surface area contributed by atoms with Gasteiger partial charge in [-0.3, -0.25) is 0 Å². The Morgan fingerprint density at radius 2 is 1.32 bits per heavy atom. The van der Waals surface area contributed by atoms with Crippen molar-refractivity contribution in [2.75, 3.05) is 0 Å². The first-order valence-corrected chi connectivity index (χ1v) is 7.97. The van der Waals surface area contributed by atoms with Crippen LogP contribution in [0.25, 0.3) is 0 Å². The maximum Gasteiger partial charge on any atom is 0.338 e. The summed E-state index contributed by atoms with van der Waals surface area (Å²) in [4.78, 5) is 12.3. The van der Waals surface area contributed by atoms with Crippen LogP contribution in [0, 0.1) is 0 Å². The highest BCUT2D eigenvalue weighted by molar-refractivity contribution is 5.78. The van der Waals surface area contributed by atoms with Crippen molar-refractivity contribution in [1.82, 2.24) is 0 Å². The van der Waals surface area contributed by atoms with E-state index in [1.54, 1.807) is 0 Å². The van der Waals surface area contributed by atoms with E-state index < -0.39 is 5.60 Å². The average Bonchev–Trinajstić information content (AvgIpc) is 2.40. The molecule has 2 rings (SSSR count). The second-order valence-electron chi connectivity index (χ2n) is 6.55. The molecule has 0 heterocycles. The van der Waals surface area contributed by atoms with Crippen LogP contribution in [0.5, 0.6) is 0 Å². The molecule has 0 aliphatic heterocycles. The predicted octanol–water partition coefficient (Wildman–Crippen LogP) is 3.99. The maximum absolute atomic E-state index is 12.3. The van der Waals surface area contributed by atoms with Crippen molar-refractivity contribution in [3.8, 4) is 0 Å². The lowest BCUT2D eigenvalue weighted by molar-refractivity contribution is -0.183. The lowest BCUT2D eigenvalue weighted by atomic mass is 9.96. The van der Waals surface area contributed by atoms with Crippen molar-refractivity contribution < 1.29 is 14.3 Å². The van der Waals surface area contributed by atoms with E-state index in [-0.39, 0.29) is 18.2 Å². The lowest BCUT2D eigenvalue weighted by Crippen LogP contribution is -2.42. The zero-order chi connectivity index (χ0) is 13.7. The van der Waals surface area contributed by atoms with Gasteiger partial charge in [0.15, 0.2) is 5.60 Å². The Kier molecular flexibility index (Phi) is 5.26. The lowest BCUT2D eigenvalue weighted by Gasteiger charge is -2.33. The maximum atomic E-state index is 12.3. The second-order valence-corrected chi connectivity index (χ2v) is 6.55. The zero-order valence-corrected chi connectivity index (χ0v) is 12.5. The Morgan fingerprint density at radius 3 is 1.84 bits per heavy atom. The fraction of sp³-hybridized carbons (Fsp3) is 0.938. The van der Waals surface area contributed by atoms with Gasteiger partial charge in [0.25, 0.3) is 0 Å². The van der Waals surface area contributed by atoms with Gasteiger partial charge in [-0.1, -0.05) is 25.7 Å². The van der Waals surface area contributed by atoms with Gasteiger partial charge in [0.2, 0.25) is 0 Å². The minimum Gasteiger partial charge on any atom is -0.460 e. The molecule has 2 fully saturated rings. The topological polar surface area (TPSA) is 35.5 Å². The van der Waals surface area contributed by atoms with E-state index in [1.807, 2.05) is 13.8 Å². The Morgan fingerprint density at radius 1 is 0.842 bits per heavy atom. The number of carbonyl (C=O) groups excluding carboxylic acids is 1. The molecule has 0 unspecified atom stereocenters. The van der Waals surface area contributed by atoms with Crippen LogP contribution < -0.4 is 0 Å². The van der Waals surface area contributed by atoms with Gasteiger partial charge in [-0.25, -0.2) is 4.79 Å². The molecule has 110 valence electrons. The molecule has 0 bridgehead atoms. The number of hydrogen-bond acceptors (Lipinski definition) is 3. The van der Waals surface area contributed by atoms with Gasteiger partial charge in [-0.05, 0) is 52.4 Å². The van der Waals surface area contributed by atoms with Crippen LogP contribution in [0.4, 0.5) is 0 Å². The van der Waals surface area contributed by atoms with Crippen molar-refractivity contribution in [3.05, 3.63) is 0 Å². The summed E-state index contributed by atoms with van der Waals surface area (Å²) in [6, 6.07) is 0. The summed E-state index contributed by atoms with van der Waals surface area (Å²) in [5.74, 6) is -0.176. The molecule has 3 heteroatoms. The molecule has 0 amide bonds. The van der Waals surface area contributed by atoms with Crippen molar-refractivity contribution in [2.24, 2.45) is 0 Å². The van der Waals surface area contributed by atoms with Crippen LogP contribution in [-0.4, -0.2) is 23.8 Å². The summed E-state index contributed by atoms with van der Waals surface area (Å²) in [6.45, 7) is 3.71. The fourth-order valence-corrected chi connectivity index (χ4v) is 3.12. The Hall–Kier alpha value is -0.570. The predicted molar refractivity (Wildman–Crippen MR) is 75.0 cm³/mol. The van der Waals surface area contributed by atoms with E-state index in [4.69, 9.17) is 9.47 Å². The van der Waals surface area contributed by atoms with Crippen LogP contribution in [-0.2, 0) is 14.3 Å². The molecule has 0 atom stereocenters. The highest BCUT2D eigenvalue weighted by atomic mass is 16.6. The SMILES string of the molecule is CC(C)(OC1CCCCC1)C(=O)OC1CCCCC1. The van der Waals surface area contributed by atoms with Gasteiger partial charge < -0.3 is 9.47 Å². The molecular formula is C16H28O3. The van der Waals surface area contributed by atoms with E-state index in [0.717, 1.165) is 25.7 Å². The monoisotopic (exact) mass is 268 g/mol. The molecule has 19 heavy (non-hydrogen) atoms. The van der Waals surface area contributed by atoms with Crippen molar-refractivity contribution in [3.63, 3.8) is 0 Å². The molecule has 0 spiro atoms. The third kappa shape index (κ3) is 4.48. The van der Waals surface area contributed by atoms with Crippen LogP contribution in [0.15, 0.2) is 0 Å². The number of carbonyl (C=O) groups is 1. The van der Waals surface area contributed by atoms with Gasteiger partial charge in [0, 0.05) is 0 Å². The van der Waals surface area contributed by atoms with Crippen molar-refractivity contribution in [2.45, 2.75) is 95.9 Å². The molecule has 3 nitrogen and oxygen atoms in total. The zero-order valence-electron chi connectivity index (χ0n) is 12.5. The molecule has 0 aromatic rings. The van der Waals surface area contributed by atoms with Crippen molar-refractivity contribution in [1.29, 1.82) is 0 Å². The van der Waals surface area contributed by atoms with E-state index >= 15 is 0 Å². The summed E-state index contributed by atoms with van der Waals surface area (Å²) < 4.78 is 11.6. The van der Waals surface area contributed by atoms with Crippen molar-refractivity contribution >= 4 is 5.97 Å². The molecule has 2 aliphatic rings. The number of ether oxygens (including phenoxy) is 2. The molecule has 0 aromatic heterocycles. The summed E-state index contributed by atoms with van der Waals surface area (Å²) in [6.07, 6.45) is 11.9. The van der Waals surface area contributed by atoms with Crippen LogP contribution in [0.1, 0.15) is 78.1 Å². The first kappa shape index (κ1) is 14.8. The van der Waals surface area contributed by atoms with Crippen LogP contribution >= 0.6 is 0 Å². The minimum atomic E-state index is -0.792. The van der Waals surface area contributed by atoms with Crippen LogP contribution in [0.3, 0.4) is 0 Å². The van der Waals surface area contributed by atoms with E-state index in [2.05, 4.69) is 0 Å². The molecule has 0 N–H and O–H groups in total. The molecule has 0 saturated heterocycles. The Labute approximate surface area is 117 Å².